The quantitative estimate of drug-likeness (QED) is 0.436. The van der Waals surface area contributed by atoms with E-state index < -0.39 is 16.6 Å². The largest absolute Gasteiger partial charge is 0.432 e. The lowest BCUT2D eigenvalue weighted by atomic mass is 9.62. The van der Waals surface area contributed by atoms with E-state index in [1.807, 2.05) is 6.20 Å². The summed E-state index contributed by atoms with van der Waals surface area (Å²) in [6.07, 6.45) is 7.94. The summed E-state index contributed by atoms with van der Waals surface area (Å²) >= 11 is 0. The molecule has 0 aliphatic heterocycles. The van der Waals surface area contributed by atoms with Crippen molar-refractivity contribution >= 4 is 22.3 Å². The van der Waals surface area contributed by atoms with Gasteiger partial charge < -0.3 is 15.3 Å². The van der Waals surface area contributed by atoms with Crippen LogP contribution in [0.4, 0.5) is 5.69 Å². The second-order valence-corrected chi connectivity index (χ2v) is 21.3. The molecule has 0 radical (unpaired) electrons. The fraction of sp³-hybridized carbons (Fsp3) is 0.792. The molecule has 0 amide bonds. The Kier molecular flexibility index (Phi) is 7.40. The van der Waals surface area contributed by atoms with Crippen LogP contribution in [0.15, 0.2) is 18.5 Å². The first-order chi connectivity index (χ1) is 13.5. The summed E-state index contributed by atoms with van der Waals surface area (Å²) in [5.41, 5.74) is 8.34. The smallest absolute Gasteiger partial charge is 0.188 e. The maximum Gasteiger partial charge on any atom is 0.188 e. The molecule has 1 aromatic heterocycles. The first-order valence-electron chi connectivity index (χ1n) is 11.6. The minimum Gasteiger partial charge on any atom is -0.432 e. The number of rotatable bonds is 7. The number of aromatic nitrogens is 1. The Morgan fingerprint density at radius 1 is 1.00 bits per heavy atom. The Bertz CT molecular complexity index is 723. The molecule has 2 rings (SSSR count). The molecule has 30 heavy (non-hydrogen) atoms. The van der Waals surface area contributed by atoms with Gasteiger partial charge in [0.2, 0.25) is 0 Å². The van der Waals surface area contributed by atoms with E-state index in [-0.39, 0.29) is 10.1 Å². The molecule has 172 valence electrons. The van der Waals surface area contributed by atoms with Crippen molar-refractivity contribution in [3.63, 3.8) is 0 Å². The lowest BCUT2D eigenvalue weighted by Crippen LogP contribution is -2.45. The van der Waals surface area contributed by atoms with Crippen LogP contribution >= 0.6 is 0 Å². The number of nitrogen functional groups attached to an aromatic ring is 1. The SMILES string of the molecule is C[C@@H]1C[C@H](c2ccncc2N)C[C@H](CC(C)(C)[Si](C)(C)O)[C@H]1CC(C)(C)[Si](C)(C)O. The minimum atomic E-state index is -2.30. The standard InChI is InChI=1S/C24H46N2O2Si2/c1-17-12-18(20-10-11-26-16-22(20)25)13-19(14-23(2,3)29(6,7)27)21(17)15-24(4,5)30(8,9)28/h10-11,16-19,21,27-28H,12-15,25H2,1-9H3/t17-,18+,19-,21+/m1/s1. The van der Waals surface area contributed by atoms with Crippen LogP contribution in [-0.4, -0.2) is 31.2 Å². The summed E-state index contributed by atoms with van der Waals surface area (Å²) in [5.74, 6) is 2.05. The monoisotopic (exact) mass is 450 g/mol. The molecule has 1 fully saturated rings. The molecule has 0 bridgehead atoms. The van der Waals surface area contributed by atoms with Gasteiger partial charge in [-0.3, -0.25) is 4.98 Å². The number of hydrogen-bond acceptors (Lipinski definition) is 4. The highest BCUT2D eigenvalue weighted by molar-refractivity contribution is 6.73. The van der Waals surface area contributed by atoms with E-state index in [9.17, 15) is 9.59 Å². The molecule has 1 aromatic rings. The normalized spacial score (nSPS) is 26.6. The van der Waals surface area contributed by atoms with Crippen molar-refractivity contribution in [3.05, 3.63) is 24.0 Å². The average molecular weight is 451 g/mol. The maximum absolute atomic E-state index is 11.0. The van der Waals surface area contributed by atoms with Crippen LogP contribution in [0.5, 0.6) is 0 Å². The van der Waals surface area contributed by atoms with Gasteiger partial charge in [0.15, 0.2) is 16.6 Å². The van der Waals surface area contributed by atoms with Gasteiger partial charge in [-0.1, -0.05) is 34.6 Å². The van der Waals surface area contributed by atoms with Gasteiger partial charge >= 0.3 is 0 Å². The van der Waals surface area contributed by atoms with Gasteiger partial charge in [0.05, 0.1) is 11.9 Å². The molecule has 0 aromatic carbocycles. The Balaban J connectivity index is 2.39. The molecule has 1 heterocycles. The van der Waals surface area contributed by atoms with Gasteiger partial charge in [0, 0.05) is 6.20 Å². The zero-order valence-corrected chi connectivity index (χ0v) is 22.8. The molecular formula is C24H46N2O2Si2. The van der Waals surface area contributed by atoms with Crippen LogP contribution in [0.2, 0.25) is 36.3 Å². The Hall–Kier alpha value is -0.696. The van der Waals surface area contributed by atoms with Crippen molar-refractivity contribution < 1.29 is 9.59 Å². The number of nitrogens with zero attached hydrogens (tertiary/aromatic N) is 1. The second kappa shape index (κ2) is 8.68. The molecule has 1 saturated carbocycles. The molecule has 4 N–H and O–H groups in total. The van der Waals surface area contributed by atoms with Gasteiger partial charge in [-0.15, -0.1) is 0 Å². The van der Waals surface area contributed by atoms with Crippen LogP contribution in [0.1, 0.15) is 71.8 Å². The molecule has 0 spiro atoms. The lowest BCUT2D eigenvalue weighted by Gasteiger charge is -2.49. The molecule has 0 unspecified atom stereocenters. The Morgan fingerprint density at radius 3 is 2.03 bits per heavy atom. The van der Waals surface area contributed by atoms with E-state index >= 15 is 0 Å². The van der Waals surface area contributed by atoms with E-state index in [0.29, 0.717) is 23.7 Å². The van der Waals surface area contributed by atoms with E-state index in [2.05, 4.69) is 71.9 Å². The summed E-state index contributed by atoms with van der Waals surface area (Å²) in [6.45, 7) is 19.7. The second-order valence-electron chi connectivity index (χ2n) is 12.4. The highest BCUT2D eigenvalue weighted by Gasteiger charge is 2.48. The summed E-state index contributed by atoms with van der Waals surface area (Å²) < 4.78 is 0. The summed E-state index contributed by atoms with van der Waals surface area (Å²) in [5, 5.41) is -0.0966. The van der Waals surface area contributed by atoms with E-state index in [0.717, 1.165) is 31.4 Å². The van der Waals surface area contributed by atoms with Gasteiger partial charge in [-0.25, -0.2) is 0 Å². The zero-order chi connectivity index (χ0) is 23.1. The molecule has 4 atom stereocenters. The molecule has 4 nitrogen and oxygen atoms in total. The van der Waals surface area contributed by atoms with Crippen molar-refractivity contribution in [2.75, 3.05) is 5.73 Å². The van der Waals surface area contributed by atoms with E-state index in [1.165, 1.54) is 5.56 Å². The summed E-state index contributed by atoms with van der Waals surface area (Å²) in [6, 6.07) is 2.09. The van der Waals surface area contributed by atoms with Crippen molar-refractivity contribution in [1.82, 2.24) is 4.98 Å². The number of anilines is 1. The predicted molar refractivity (Wildman–Crippen MR) is 133 cm³/mol. The third-order valence-electron chi connectivity index (χ3n) is 8.74. The molecule has 1 aliphatic carbocycles. The molecule has 1 aliphatic rings. The zero-order valence-electron chi connectivity index (χ0n) is 20.8. The lowest BCUT2D eigenvalue weighted by molar-refractivity contribution is 0.105. The van der Waals surface area contributed by atoms with Crippen LogP contribution in [0.25, 0.3) is 0 Å². The van der Waals surface area contributed by atoms with Crippen molar-refractivity contribution in [2.24, 2.45) is 17.8 Å². The van der Waals surface area contributed by atoms with Crippen molar-refractivity contribution in [3.8, 4) is 0 Å². The molecular weight excluding hydrogens is 404 g/mol. The van der Waals surface area contributed by atoms with Gasteiger partial charge in [0.1, 0.15) is 0 Å². The third-order valence-corrected chi connectivity index (χ3v) is 15.8. The first-order valence-corrected chi connectivity index (χ1v) is 17.5. The van der Waals surface area contributed by atoms with Crippen LogP contribution in [-0.2, 0) is 0 Å². The van der Waals surface area contributed by atoms with Crippen LogP contribution in [0, 0.1) is 17.8 Å². The Morgan fingerprint density at radius 2 is 1.53 bits per heavy atom. The first kappa shape index (κ1) is 25.6. The van der Waals surface area contributed by atoms with Crippen molar-refractivity contribution in [1.29, 1.82) is 0 Å². The predicted octanol–water partition coefficient (Wildman–Crippen LogP) is 6.15. The third kappa shape index (κ3) is 5.56. The average Bonchev–Trinajstić information content (AvgIpc) is 2.55. The van der Waals surface area contributed by atoms with Gasteiger partial charge in [-0.2, -0.15) is 0 Å². The van der Waals surface area contributed by atoms with Gasteiger partial charge in [-0.05, 0) is 97.2 Å². The highest BCUT2D eigenvalue weighted by atomic mass is 28.4. The molecule has 6 heteroatoms. The van der Waals surface area contributed by atoms with E-state index in [1.54, 1.807) is 6.20 Å². The van der Waals surface area contributed by atoms with Crippen LogP contribution in [0.3, 0.4) is 0 Å². The van der Waals surface area contributed by atoms with Crippen LogP contribution < -0.4 is 5.73 Å². The van der Waals surface area contributed by atoms with Gasteiger partial charge in [0.25, 0.3) is 0 Å². The highest BCUT2D eigenvalue weighted by Crippen LogP contribution is 2.56. The number of nitrogens with two attached hydrogens (primary N) is 1. The van der Waals surface area contributed by atoms with Crippen molar-refractivity contribution in [2.45, 2.75) is 102 Å². The Labute approximate surface area is 187 Å². The fourth-order valence-corrected chi connectivity index (χ4v) is 6.61. The summed E-state index contributed by atoms with van der Waals surface area (Å²) in [4.78, 5) is 26.1. The molecule has 0 saturated heterocycles. The minimum absolute atomic E-state index is 0.0387. The topological polar surface area (TPSA) is 79.4 Å². The number of pyridine rings is 1. The fourth-order valence-electron chi connectivity index (χ4n) is 5.11. The summed E-state index contributed by atoms with van der Waals surface area (Å²) in [7, 11) is -4.59. The van der Waals surface area contributed by atoms with E-state index in [4.69, 9.17) is 5.73 Å². The number of hydrogen-bond donors (Lipinski definition) is 3. The maximum atomic E-state index is 11.0.